The van der Waals surface area contributed by atoms with Crippen molar-refractivity contribution in [3.05, 3.63) is 41.5 Å². The lowest BCUT2D eigenvalue weighted by atomic mass is 10.2. The second-order valence-electron chi connectivity index (χ2n) is 2.55. The molecule has 0 fully saturated rings. The van der Waals surface area contributed by atoms with Crippen molar-refractivity contribution in [3.63, 3.8) is 0 Å². The molecule has 1 aromatic carbocycles. The highest BCUT2D eigenvalue weighted by Crippen LogP contribution is 2.11. The fraction of sp³-hybridized carbons (Fsp3) is 0.200. The van der Waals surface area contributed by atoms with Crippen molar-refractivity contribution in [1.29, 1.82) is 0 Å². The fourth-order valence-corrected chi connectivity index (χ4v) is 1.04. The van der Waals surface area contributed by atoms with E-state index in [0.717, 1.165) is 18.2 Å². The van der Waals surface area contributed by atoms with Crippen LogP contribution in [0, 0.1) is 11.6 Å². The third-order valence-electron chi connectivity index (χ3n) is 1.53. The van der Waals surface area contributed by atoms with Gasteiger partial charge in [0.2, 0.25) is 0 Å². The van der Waals surface area contributed by atoms with Gasteiger partial charge in [-0.2, -0.15) is 0 Å². The Morgan fingerprint density at radius 2 is 2.08 bits per heavy atom. The summed E-state index contributed by atoms with van der Waals surface area (Å²) < 4.78 is 25.6. The molecule has 70 valence electrons. The Balaban J connectivity index is 2.81. The molecule has 0 unspecified atom stereocenters. The van der Waals surface area contributed by atoms with E-state index < -0.39 is 11.6 Å². The number of hydrogen-bond donors (Lipinski definition) is 0. The first-order valence-corrected chi connectivity index (χ1v) is 4.45. The zero-order valence-corrected chi connectivity index (χ0v) is 7.69. The minimum absolute atomic E-state index is 0.255. The summed E-state index contributed by atoms with van der Waals surface area (Å²) in [5, 5.41) is 0. The van der Waals surface area contributed by atoms with Gasteiger partial charge in [-0.1, -0.05) is 12.2 Å². The first-order valence-electron chi connectivity index (χ1n) is 3.91. The largest absolute Gasteiger partial charge is 0.207 e. The van der Waals surface area contributed by atoms with Gasteiger partial charge in [0.05, 0.1) is 0 Å². The molecule has 13 heavy (non-hydrogen) atoms. The van der Waals surface area contributed by atoms with Crippen LogP contribution >= 0.6 is 11.6 Å². The smallest absolute Gasteiger partial charge is 0.130 e. The van der Waals surface area contributed by atoms with Crippen LogP contribution in [0.2, 0.25) is 0 Å². The SMILES string of the molecule is Fc1ccc(F)c(/C=C/CCCl)c1. The zero-order chi connectivity index (χ0) is 9.68. The quantitative estimate of drug-likeness (QED) is 0.657. The van der Waals surface area contributed by atoms with Crippen LogP contribution in [0.25, 0.3) is 6.08 Å². The summed E-state index contributed by atoms with van der Waals surface area (Å²) in [7, 11) is 0. The normalized spacial score (nSPS) is 11.0. The molecule has 1 aromatic rings. The predicted molar refractivity (Wildman–Crippen MR) is 50.7 cm³/mol. The van der Waals surface area contributed by atoms with E-state index in [1.807, 2.05) is 0 Å². The lowest BCUT2D eigenvalue weighted by molar-refractivity contribution is 0.598. The second kappa shape index (κ2) is 4.97. The van der Waals surface area contributed by atoms with Crippen LogP contribution in [-0.4, -0.2) is 5.88 Å². The molecule has 0 N–H and O–H groups in total. The molecule has 0 spiro atoms. The summed E-state index contributed by atoms with van der Waals surface area (Å²) >= 11 is 5.42. The lowest BCUT2D eigenvalue weighted by Gasteiger charge is -1.95. The van der Waals surface area contributed by atoms with Gasteiger partial charge in [0.25, 0.3) is 0 Å². The maximum absolute atomic E-state index is 12.9. The van der Waals surface area contributed by atoms with Gasteiger partial charge in [0.1, 0.15) is 11.6 Å². The molecule has 0 amide bonds. The number of hydrogen-bond acceptors (Lipinski definition) is 0. The van der Waals surface area contributed by atoms with Gasteiger partial charge in [0.15, 0.2) is 0 Å². The summed E-state index contributed by atoms with van der Waals surface area (Å²) in [4.78, 5) is 0. The van der Waals surface area contributed by atoms with Crippen LogP contribution in [0.1, 0.15) is 12.0 Å². The Bertz CT molecular complexity index is 308. The first-order chi connectivity index (χ1) is 6.24. The number of halogens is 3. The van der Waals surface area contributed by atoms with E-state index in [4.69, 9.17) is 11.6 Å². The van der Waals surface area contributed by atoms with Crippen molar-refractivity contribution in [2.45, 2.75) is 6.42 Å². The van der Waals surface area contributed by atoms with Gasteiger partial charge < -0.3 is 0 Å². The fourth-order valence-electron chi connectivity index (χ4n) is 0.916. The number of alkyl halides is 1. The van der Waals surface area contributed by atoms with E-state index in [-0.39, 0.29) is 5.56 Å². The van der Waals surface area contributed by atoms with Gasteiger partial charge in [-0.25, -0.2) is 8.78 Å². The molecule has 0 heterocycles. The summed E-state index contributed by atoms with van der Waals surface area (Å²) in [5.74, 6) is -0.382. The topological polar surface area (TPSA) is 0 Å². The van der Waals surface area contributed by atoms with Crippen LogP contribution in [0.3, 0.4) is 0 Å². The molecule has 3 heteroatoms. The van der Waals surface area contributed by atoms with Gasteiger partial charge in [0, 0.05) is 11.4 Å². The lowest BCUT2D eigenvalue weighted by Crippen LogP contribution is -1.83. The first kappa shape index (κ1) is 10.2. The van der Waals surface area contributed by atoms with Gasteiger partial charge in [-0.3, -0.25) is 0 Å². The van der Waals surface area contributed by atoms with E-state index in [0.29, 0.717) is 12.3 Å². The molecule has 0 radical (unpaired) electrons. The Labute approximate surface area is 80.8 Å². The van der Waals surface area contributed by atoms with Gasteiger partial charge in [-0.15, -0.1) is 11.6 Å². The molecule has 0 saturated carbocycles. The Kier molecular flexibility index (Phi) is 3.90. The highest BCUT2D eigenvalue weighted by atomic mass is 35.5. The number of allylic oxidation sites excluding steroid dienone is 1. The zero-order valence-electron chi connectivity index (χ0n) is 6.93. The molecule has 0 bridgehead atoms. The number of benzene rings is 1. The van der Waals surface area contributed by atoms with E-state index in [9.17, 15) is 8.78 Å². The van der Waals surface area contributed by atoms with Crippen LogP contribution in [0.15, 0.2) is 24.3 Å². The highest BCUT2D eigenvalue weighted by molar-refractivity contribution is 6.17. The highest BCUT2D eigenvalue weighted by Gasteiger charge is 1.98. The van der Waals surface area contributed by atoms with Crippen LogP contribution in [0.4, 0.5) is 8.78 Å². The average Bonchev–Trinajstić information content (AvgIpc) is 2.11. The van der Waals surface area contributed by atoms with E-state index in [2.05, 4.69) is 0 Å². The molecular formula is C10H9ClF2. The van der Waals surface area contributed by atoms with Crippen LogP contribution < -0.4 is 0 Å². The van der Waals surface area contributed by atoms with Crippen LogP contribution in [0.5, 0.6) is 0 Å². The molecule has 0 nitrogen and oxygen atoms in total. The minimum atomic E-state index is -0.438. The van der Waals surface area contributed by atoms with Crippen molar-refractivity contribution >= 4 is 17.7 Å². The Morgan fingerprint density at radius 3 is 2.77 bits per heavy atom. The van der Waals surface area contributed by atoms with Crippen molar-refractivity contribution in [3.8, 4) is 0 Å². The Hall–Kier alpha value is -0.890. The average molecular weight is 203 g/mol. The Morgan fingerprint density at radius 1 is 1.31 bits per heavy atom. The molecule has 0 aliphatic carbocycles. The molecular weight excluding hydrogens is 194 g/mol. The summed E-state index contributed by atoms with van der Waals surface area (Å²) in [6, 6.07) is 3.35. The maximum atomic E-state index is 12.9. The van der Waals surface area contributed by atoms with Crippen LogP contribution in [-0.2, 0) is 0 Å². The van der Waals surface area contributed by atoms with Gasteiger partial charge >= 0.3 is 0 Å². The van der Waals surface area contributed by atoms with Crippen molar-refractivity contribution in [1.82, 2.24) is 0 Å². The minimum Gasteiger partial charge on any atom is -0.207 e. The number of rotatable bonds is 3. The monoisotopic (exact) mass is 202 g/mol. The summed E-state index contributed by atoms with van der Waals surface area (Å²) in [6.45, 7) is 0. The predicted octanol–water partition coefficient (Wildman–Crippen LogP) is 3.61. The summed E-state index contributed by atoms with van der Waals surface area (Å²) in [6.07, 6.45) is 3.89. The molecule has 1 rings (SSSR count). The van der Waals surface area contributed by atoms with Crippen molar-refractivity contribution in [2.75, 3.05) is 5.88 Å². The molecule has 0 aromatic heterocycles. The molecule has 0 aliphatic rings. The molecule has 0 aliphatic heterocycles. The third-order valence-corrected chi connectivity index (χ3v) is 1.75. The molecule has 0 saturated heterocycles. The second-order valence-corrected chi connectivity index (χ2v) is 2.92. The van der Waals surface area contributed by atoms with E-state index in [1.165, 1.54) is 6.08 Å². The van der Waals surface area contributed by atoms with E-state index in [1.54, 1.807) is 6.08 Å². The summed E-state index contributed by atoms with van der Waals surface area (Å²) in [5.41, 5.74) is 0.255. The maximum Gasteiger partial charge on any atom is 0.130 e. The van der Waals surface area contributed by atoms with Gasteiger partial charge in [-0.05, 0) is 24.6 Å². The van der Waals surface area contributed by atoms with Crippen molar-refractivity contribution < 1.29 is 8.78 Å². The third kappa shape index (κ3) is 3.15. The van der Waals surface area contributed by atoms with Crippen molar-refractivity contribution in [2.24, 2.45) is 0 Å². The van der Waals surface area contributed by atoms with E-state index >= 15 is 0 Å². The molecule has 0 atom stereocenters. The standard InChI is InChI=1S/C10H9ClF2/c11-6-2-1-3-8-7-9(12)4-5-10(8)13/h1,3-5,7H,2,6H2/b3-1+.